The second-order valence-electron chi connectivity index (χ2n) is 4.87. The van der Waals surface area contributed by atoms with Gasteiger partial charge >= 0.3 is 0 Å². The highest BCUT2D eigenvalue weighted by molar-refractivity contribution is 9.11. The summed E-state index contributed by atoms with van der Waals surface area (Å²) in [5, 5.41) is 10.2. The van der Waals surface area contributed by atoms with Gasteiger partial charge in [0.05, 0.1) is 9.89 Å². The minimum Gasteiger partial charge on any atom is -0.454 e. The highest BCUT2D eigenvalue weighted by Crippen LogP contribution is 2.34. The van der Waals surface area contributed by atoms with Crippen LogP contribution in [-0.2, 0) is 10.0 Å². The Balaban J connectivity index is 1.58. The average Bonchev–Trinajstić information content (AvgIpc) is 3.14. The Morgan fingerprint density at radius 3 is 2.78 bits per heavy atom. The lowest BCUT2D eigenvalue weighted by Crippen LogP contribution is -2.25. The maximum absolute atomic E-state index is 12.1. The molecule has 1 aliphatic rings. The number of fused-ring (bicyclic) bond motifs is 1. The molecule has 1 aromatic heterocycles. The molecule has 0 fully saturated rings. The van der Waals surface area contributed by atoms with Crippen molar-refractivity contribution < 1.29 is 23.0 Å². The number of aliphatic hydroxyl groups excluding tert-OH is 1. The minimum atomic E-state index is -3.54. The molecule has 0 spiro atoms. The van der Waals surface area contributed by atoms with Crippen molar-refractivity contribution in [2.75, 3.05) is 13.3 Å². The lowest BCUT2D eigenvalue weighted by atomic mass is 10.1. The molecule has 2 aromatic rings. The van der Waals surface area contributed by atoms with E-state index in [2.05, 4.69) is 20.7 Å². The Morgan fingerprint density at radius 2 is 2.04 bits per heavy atom. The van der Waals surface area contributed by atoms with Gasteiger partial charge < -0.3 is 14.6 Å². The average molecular weight is 420 g/mol. The van der Waals surface area contributed by atoms with Gasteiger partial charge in [-0.1, -0.05) is 6.07 Å². The Bertz CT molecular complexity index is 805. The van der Waals surface area contributed by atoms with Crippen molar-refractivity contribution >= 4 is 37.3 Å². The summed E-state index contributed by atoms with van der Waals surface area (Å²) in [5.74, 6) is 1.23. The second kappa shape index (κ2) is 6.78. The van der Waals surface area contributed by atoms with Crippen molar-refractivity contribution in [3.05, 3.63) is 39.7 Å². The van der Waals surface area contributed by atoms with Gasteiger partial charge in [0, 0.05) is 6.54 Å². The van der Waals surface area contributed by atoms with Crippen molar-refractivity contribution in [2.24, 2.45) is 0 Å². The largest absolute Gasteiger partial charge is 0.454 e. The molecule has 0 aliphatic carbocycles. The molecule has 1 aliphatic heterocycles. The van der Waals surface area contributed by atoms with E-state index in [1.54, 1.807) is 24.3 Å². The fraction of sp³-hybridized carbons (Fsp3) is 0.286. The van der Waals surface area contributed by atoms with Crippen molar-refractivity contribution in [1.82, 2.24) is 4.72 Å². The van der Waals surface area contributed by atoms with Crippen LogP contribution >= 0.6 is 27.3 Å². The summed E-state index contributed by atoms with van der Waals surface area (Å²) in [5.41, 5.74) is 0.660. The van der Waals surface area contributed by atoms with Gasteiger partial charge in [-0.05, 0) is 52.2 Å². The third-order valence-corrected chi connectivity index (χ3v) is 6.88. The molecule has 2 heterocycles. The van der Waals surface area contributed by atoms with E-state index in [4.69, 9.17) is 9.47 Å². The molecule has 0 bridgehead atoms. The summed E-state index contributed by atoms with van der Waals surface area (Å²) >= 11 is 4.37. The van der Waals surface area contributed by atoms with Gasteiger partial charge in [0.15, 0.2) is 11.5 Å². The van der Waals surface area contributed by atoms with Gasteiger partial charge in [-0.3, -0.25) is 0 Å². The van der Waals surface area contributed by atoms with E-state index < -0.39 is 16.1 Å². The molecular weight excluding hydrogens is 406 g/mol. The molecule has 1 unspecified atom stereocenters. The van der Waals surface area contributed by atoms with Crippen LogP contribution in [0.4, 0.5) is 0 Å². The van der Waals surface area contributed by atoms with Crippen LogP contribution in [-0.4, -0.2) is 26.9 Å². The third kappa shape index (κ3) is 3.86. The molecule has 6 nitrogen and oxygen atoms in total. The van der Waals surface area contributed by atoms with E-state index in [9.17, 15) is 13.5 Å². The van der Waals surface area contributed by atoms with E-state index in [-0.39, 0.29) is 24.0 Å². The molecule has 0 amide bonds. The zero-order chi connectivity index (χ0) is 16.4. The number of hydrogen-bond donors (Lipinski definition) is 2. The topological polar surface area (TPSA) is 84.9 Å². The van der Waals surface area contributed by atoms with Gasteiger partial charge in [-0.25, -0.2) is 13.1 Å². The van der Waals surface area contributed by atoms with Gasteiger partial charge in [0.1, 0.15) is 4.21 Å². The van der Waals surface area contributed by atoms with Crippen molar-refractivity contribution in [3.63, 3.8) is 0 Å². The highest BCUT2D eigenvalue weighted by atomic mass is 79.9. The molecule has 2 N–H and O–H groups in total. The van der Waals surface area contributed by atoms with E-state index >= 15 is 0 Å². The molecule has 0 saturated heterocycles. The fourth-order valence-corrected chi connectivity index (χ4v) is 5.23. The van der Waals surface area contributed by atoms with Crippen LogP contribution in [0, 0.1) is 0 Å². The number of ether oxygens (including phenoxy) is 2. The van der Waals surface area contributed by atoms with Crippen LogP contribution in [0.25, 0.3) is 0 Å². The van der Waals surface area contributed by atoms with Crippen LogP contribution in [0.3, 0.4) is 0 Å². The van der Waals surface area contributed by atoms with Crippen molar-refractivity contribution in [3.8, 4) is 11.5 Å². The van der Waals surface area contributed by atoms with Crippen LogP contribution in [0.15, 0.2) is 38.3 Å². The zero-order valence-corrected chi connectivity index (χ0v) is 15.1. The molecule has 124 valence electrons. The molecule has 9 heteroatoms. The summed E-state index contributed by atoms with van der Waals surface area (Å²) < 4.78 is 38.1. The first kappa shape index (κ1) is 16.7. The Kier molecular flexibility index (Phi) is 4.93. The van der Waals surface area contributed by atoms with Crippen LogP contribution in [0.1, 0.15) is 18.1 Å². The van der Waals surface area contributed by atoms with Gasteiger partial charge in [0.25, 0.3) is 0 Å². The predicted molar refractivity (Wildman–Crippen MR) is 89.3 cm³/mol. The Labute approximate surface area is 146 Å². The molecule has 1 atom stereocenters. The number of rotatable bonds is 6. The molecule has 3 rings (SSSR count). The summed E-state index contributed by atoms with van der Waals surface area (Å²) in [4.78, 5) is 0. The fourth-order valence-electron chi connectivity index (χ4n) is 2.13. The number of halogens is 1. The normalized spacial score (nSPS) is 14.9. The van der Waals surface area contributed by atoms with E-state index in [1.807, 2.05) is 0 Å². The summed E-state index contributed by atoms with van der Waals surface area (Å²) in [6.45, 7) is 0.304. The number of aliphatic hydroxyl groups is 1. The van der Waals surface area contributed by atoms with Crippen LogP contribution in [0.2, 0.25) is 0 Å². The maximum Gasteiger partial charge on any atom is 0.250 e. The quantitative estimate of drug-likeness (QED) is 0.751. The first-order chi connectivity index (χ1) is 11.0. The molecule has 0 radical (unpaired) electrons. The SMILES string of the molecule is O=S(=O)(NCCC(O)c1ccc2c(c1)OCO2)c1ccc(Br)s1. The summed E-state index contributed by atoms with van der Waals surface area (Å²) in [6, 6.07) is 8.39. The third-order valence-electron chi connectivity index (χ3n) is 3.30. The molecular formula is C14H14BrNO5S2. The van der Waals surface area contributed by atoms with E-state index in [0.717, 1.165) is 15.1 Å². The summed E-state index contributed by atoms with van der Waals surface area (Å²) in [6.07, 6.45) is -0.534. The lowest BCUT2D eigenvalue weighted by Gasteiger charge is -2.12. The number of hydrogen-bond acceptors (Lipinski definition) is 6. The highest BCUT2D eigenvalue weighted by Gasteiger charge is 2.19. The van der Waals surface area contributed by atoms with E-state index in [1.165, 1.54) is 6.07 Å². The van der Waals surface area contributed by atoms with Crippen molar-refractivity contribution in [2.45, 2.75) is 16.7 Å². The first-order valence-electron chi connectivity index (χ1n) is 6.78. The van der Waals surface area contributed by atoms with Gasteiger partial charge in [0.2, 0.25) is 16.8 Å². The monoisotopic (exact) mass is 419 g/mol. The minimum absolute atomic E-state index is 0.132. The van der Waals surface area contributed by atoms with Crippen LogP contribution < -0.4 is 14.2 Å². The Hall–Kier alpha value is -1.13. The summed E-state index contributed by atoms with van der Waals surface area (Å²) in [7, 11) is -3.54. The van der Waals surface area contributed by atoms with Crippen LogP contribution in [0.5, 0.6) is 11.5 Å². The number of nitrogens with one attached hydrogen (secondary N) is 1. The number of thiophene rings is 1. The first-order valence-corrected chi connectivity index (χ1v) is 9.87. The second-order valence-corrected chi connectivity index (χ2v) is 9.33. The maximum atomic E-state index is 12.1. The van der Waals surface area contributed by atoms with Gasteiger partial charge in [-0.15, -0.1) is 11.3 Å². The molecule has 1 aromatic carbocycles. The van der Waals surface area contributed by atoms with E-state index in [0.29, 0.717) is 17.1 Å². The zero-order valence-electron chi connectivity index (χ0n) is 11.9. The predicted octanol–water partition coefficient (Wildman–Crippen LogP) is 2.64. The lowest BCUT2D eigenvalue weighted by molar-refractivity contribution is 0.166. The molecule has 23 heavy (non-hydrogen) atoms. The van der Waals surface area contributed by atoms with Gasteiger partial charge in [-0.2, -0.15) is 0 Å². The standard InChI is InChI=1S/C14H14BrNO5S2/c15-13-3-4-14(22-13)23(18,19)16-6-5-10(17)9-1-2-11-12(7-9)21-8-20-11/h1-4,7,10,16-17H,5-6,8H2. The van der Waals surface area contributed by atoms with Crippen molar-refractivity contribution in [1.29, 1.82) is 0 Å². The number of benzene rings is 1. The molecule has 0 saturated carbocycles. The number of sulfonamides is 1. The smallest absolute Gasteiger partial charge is 0.250 e. The Morgan fingerprint density at radius 1 is 1.26 bits per heavy atom.